The summed E-state index contributed by atoms with van der Waals surface area (Å²) in [6.07, 6.45) is 5.22. The highest BCUT2D eigenvalue weighted by atomic mass is 15.2. The van der Waals surface area contributed by atoms with Crippen LogP contribution in [0.5, 0.6) is 0 Å². The van der Waals surface area contributed by atoms with Gasteiger partial charge in [0.15, 0.2) is 5.65 Å². The van der Waals surface area contributed by atoms with Crippen molar-refractivity contribution in [2.24, 2.45) is 0 Å². The molecule has 0 unspecified atom stereocenters. The first kappa shape index (κ1) is 8.05. The molecule has 3 aromatic rings. The van der Waals surface area contributed by atoms with Crippen LogP contribution in [0, 0.1) is 0 Å². The largest absolute Gasteiger partial charge is 0.264 e. The number of nitrogens with one attached hydrogen (secondary N) is 1. The van der Waals surface area contributed by atoms with Gasteiger partial charge < -0.3 is 0 Å². The second-order valence-electron chi connectivity index (χ2n) is 3.15. The van der Waals surface area contributed by atoms with Crippen molar-refractivity contribution in [1.29, 1.82) is 0 Å². The van der Waals surface area contributed by atoms with E-state index >= 15 is 0 Å². The van der Waals surface area contributed by atoms with Crippen molar-refractivity contribution < 1.29 is 0 Å². The molecule has 0 aromatic carbocycles. The molecule has 0 aliphatic rings. The van der Waals surface area contributed by atoms with Gasteiger partial charge in [0.2, 0.25) is 0 Å². The third kappa shape index (κ3) is 1.34. The monoisotopic (exact) mass is 197 g/mol. The number of hydrogen-bond acceptors (Lipinski definition) is 4. The van der Waals surface area contributed by atoms with E-state index in [0.29, 0.717) is 5.65 Å². The number of hydrogen-bond donors (Lipinski definition) is 1. The lowest BCUT2D eigenvalue weighted by Crippen LogP contribution is -1.88. The standard InChI is InChI=1S/C10H7N5/c1-2-7(5-11-3-1)9-4-8-6-12-14-10(8)15-13-9/h1-6H,(H,12,14,15). The molecule has 5 nitrogen and oxygen atoms in total. The van der Waals surface area contributed by atoms with E-state index in [1.807, 2.05) is 18.2 Å². The van der Waals surface area contributed by atoms with Crippen LogP contribution in [-0.2, 0) is 0 Å². The number of pyridine rings is 1. The van der Waals surface area contributed by atoms with Crippen molar-refractivity contribution in [3.8, 4) is 11.3 Å². The molecule has 5 heteroatoms. The molecule has 0 aliphatic heterocycles. The number of aromatic nitrogens is 5. The summed E-state index contributed by atoms with van der Waals surface area (Å²) < 4.78 is 0. The van der Waals surface area contributed by atoms with E-state index in [-0.39, 0.29) is 0 Å². The fraction of sp³-hybridized carbons (Fsp3) is 0. The fourth-order valence-corrected chi connectivity index (χ4v) is 1.41. The molecular weight excluding hydrogens is 190 g/mol. The lowest BCUT2D eigenvalue weighted by atomic mass is 10.2. The number of nitrogens with zero attached hydrogens (tertiary/aromatic N) is 4. The summed E-state index contributed by atoms with van der Waals surface area (Å²) in [7, 11) is 0. The quantitative estimate of drug-likeness (QED) is 0.640. The summed E-state index contributed by atoms with van der Waals surface area (Å²) in [6.45, 7) is 0. The third-order valence-electron chi connectivity index (χ3n) is 2.15. The van der Waals surface area contributed by atoms with Gasteiger partial charge in [-0.1, -0.05) is 0 Å². The van der Waals surface area contributed by atoms with Crippen LogP contribution in [0.3, 0.4) is 0 Å². The molecule has 0 saturated heterocycles. The first-order chi connectivity index (χ1) is 7.43. The minimum Gasteiger partial charge on any atom is -0.264 e. The highest BCUT2D eigenvalue weighted by Crippen LogP contribution is 2.17. The van der Waals surface area contributed by atoms with Crippen LogP contribution in [0.15, 0.2) is 36.8 Å². The average Bonchev–Trinajstić information content (AvgIpc) is 2.77. The Kier molecular flexibility index (Phi) is 1.68. The first-order valence-corrected chi connectivity index (χ1v) is 4.51. The summed E-state index contributed by atoms with van der Waals surface area (Å²) in [4.78, 5) is 4.04. The van der Waals surface area contributed by atoms with Crippen molar-refractivity contribution >= 4 is 11.0 Å². The molecule has 3 rings (SSSR count). The van der Waals surface area contributed by atoms with Crippen LogP contribution >= 0.6 is 0 Å². The molecule has 3 aromatic heterocycles. The molecule has 0 bridgehead atoms. The van der Waals surface area contributed by atoms with Gasteiger partial charge in [0, 0.05) is 23.3 Å². The molecule has 0 spiro atoms. The smallest absolute Gasteiger partial charge is 0.177 e. The van der Waals surface area contributed by atoms with Crippen LogP contribution < -0.4 is 0 Å². The van der Waals surface area contributed by atoms with E-state index in [9.17, 15) is 0 Å². The van der Waals surface area contributed by atoms with Gasteiger partial charge in [0.1, 0.15) is 0 Å². The van der Waals surface area contributed by atoms with Crippen LogP contribution in [0.4, 0.5) is 0 Å². The Bertz CT molecular complexity index is 587. The van der Waals surface area contributed by atoms with Crippen molar-refractivity contribution in [1.82, 2.24) is 25.4 Å². The van der Waals surface area contributed by atoms with Crippen LogP contribution in [0.2, 0.25) is 0 Å². The lowest BCUT2D eigenvalue weighted by Gasteiger charge is -1.97. The van der Waals surface area contributed by atoms with E-state index in [1.54, 1.807) is 18.6 Å². The van der Waals surface area contributed by atoms with Gasteiger partial charge in [0.05, 0.1) is 11.9 Å². The molecule has 15 heavy (non-hydrogen) atoms. The predicted octanol–water partition coefficient (Wildman–Crippen LogP) is 1.41. The van der Waals surface area contributed by atoms with Gasteiger partial charge in [-0.2, -0.15) is 5.10 Å². The second-order valence-corrected chi connectivity index (χ2v) is 3.15. The van der Waals surface area contributed by atoms with Gasteiger partial charge in [0.25, 0.3) is 0 Å². The topological polar surface area (TPSA) is 67.3 Å². The van der Waals surface area contributed by atoms with E-state index in [4.69, 9.17) is 0 Å². The molecule has 72 valence electrons. The molecular formula is C10H7N5. The molecule has 0 aliphatic carbocycles. The Hall–Kier alpha value is -2.30. The third-order valence-corrected chi connectivity index (χ3v) is 2.15. The van der Waals surface area contributed by atoms with Gasteiger partial charge >= 0.3 is 0 Å². The van der Waals surface area contributed by atoms with Gasteiger partial charge in [-0.15, -0.1) is 10.2 Å². The van der Waals surface area contributed by atoms with Crippen molar-refractivity contribution in [2.75, 3.05) is 0 Å². The van der Waals surface area contributed by atoms with Crippen LogP contribution in [0.1, 0.15) is 0 Å². The van der Waals surface area contributed by atoms with Gasteiger partial charge in [-0.05, 0) is 18.2 Å². The molecule has 0 fully saturated rings. The normalized spacial score (nSPS) is 10.7. The number of fused-ring (bicyclic) bond motifs is 1. The molecule has 0 radical (unpaired) electrons. The molecule has 1 N–H and O–H groups in total. The summed E-state index contributed by atoms with van der Waals surface area (Å²) in [5.41, 5.74) is 2.45. The number of H-pyrrole nitrogens is 1. The number of rotatable bonds is 1. The first-order valence-electron chi connectivity index (χ1n) is 4.51. The SMILES string of the molecule is c1cncc(-c2cc3cn[nH]c3nn2)c1. The molecule has 0 atom stereocenters. The zero-order valence-electron chi connectivity index (χ0n) is 7.75. The van der Waals surface area contributed by atoms with Crippen molar-refractivity contribution in [3.63, 3.8) is 0 Å². The van der Waals surface area contributed by atoms with Crippen molar-refractivity contribution in [3.05, 3.63) is 36.8 Å². The fourth-order valence-electron chi connectivity index (χ4n) is 1.41. The average molecular weight is 197 g/mol. The van der Waals surface area contributed by atoms with Crippen LogP contribution in [-0.4, -0.2) is 25.4 Å². The molecule has 0 saturated carbocycles. The van der Waals surface area contributed by atoms with Crippen LogP contribution in [0.25, 0.3) is 22.3 Å². The van der Waals surface area contributed by atoms with Gasteiger partial charge in [-0.3, -0.25) is 10.1 Å². The maximum Gasteiger partial charge on any atom is 0.177 e. The Morgan fingerprint density at radius 1 is 1.13 bits per heavy atom. The molecule has 3 heterocycles. The summed E-state index contributed by atoms with van der Waals surface area (Å²) >= 11 is 0. The lowest BCUT2D eigenvalue weighted by molar-refractivity contribution is 1.03. The highest BCUT2D eigenvalue weighted by molar-refractivity contribution is 5.77. The minimum absolute atomic E-state index is 0.697. The summed E-state index contributed by atoms with van der Waals surface area (Å²) in [6, 6.07) is 5.75. The summed E-state index contributed by atoms with van der Waals surface area (Å²) in [5.74, 6) is 0. The highest BCUT2D eigenvalue weighted by Gasteiger charge is 2.02. The molecule has 0 amide bonds. The Labute approximate surface area is 85.2 Å². The van der Waals surface area contributed by atoms with Gasteiger partial charge in [-0.25, -0.2) is 0 Å². The van der Waals surface area contributed by atoms with E-state index in [2.05, 4.69) is 25.4 Å². The zero-order chi connectivity index (χ0) is 10.1. The van der Waals surface area contributed by atoms with Crippen molar-refractivity contribution in [2.45, 2.75) is 0 Å². The van der Waals surface area contributed by atoms with E-state index < -0.39 is 0 Å². The Morgan fingerprint density at radius 3 is 3.00 bits per heavy atom. The van der Waals surface area contributed by atoms with E-state index in [0.717, 1.165) is 16.6 Å². The van der Waals surface area contributed by atoms with E-state index in [1.165, 1.54) is 0 Å². The Morgan fingerprint density at radius 2 is 2.13 bits per heavy atom. The zero-order valence-corrected chi connectivity index (χ0v) is 7.75. The maximum atomic E-state index is 4.09. The second kappa shape index (κ2) is 3.13. The maximum absolute atomic E-state index is 4.09. The number of aromatic amines is 1. The predicted molar refractivity (Wildman–Crippen MR) is 54.9 cm³/mol. The Balaban J connectivity index is 2.19. The minimum atomic E-state index is 0.697. The summed E-state index contributed by atoms with van der Waals surface area (Å²) in [5, 5.41) is 15.7.